The van der Waals surface area contributed by atoms with Crippen LogP contribution in [0.25, 0.3) is 10.9 Å². The maximum Gasteiger partial charge on any atom is 0.253 e. The third kappa shape index (κ3) is 3.51. The molecule has 24 heavy (non-hydrogen) atoms. The van der Waals surface area contributed by atoms with Gasteiger partial charge < -0.3 is 14.6 Å². The lowest BCUT2D eigenvalue weighted by molar-refractivity contribution is -0.131. The molecule has 5 heteroatoms. The van der Waals surface area contributed by atoms with Crippen LogP contribution in [0.1, 0.15) is 36.5 Å². The summed E-state index contributed by atoms with van der Waals surface area (Å²) < 4.78 is 5.62. The third-order valence-corrected chi connectivity index (χ3v) is 4.62. The summed E-state index contributed by atoms with van der Waals surface area (Å²) in [5.74, 6) is -0.0366. The summed E-state index contributed by atoms with van der Waals surface area (Å²) in [6.07, 6.45) is 2.08. The number of carbonyl (C=O) groups excluding carboxylic acids is 1. The Morgan fingerprint density at radius 2 is 2.12 bits per heavy atom. The molecule has 1 atom stereocenters. The fourth-order valence-electron chi connectivity index (χ4n) is 3.39. The highest BCUT2D eigenvalue weighted by molar-refractivity contribution is 5.83. The number of hydrogen-bond acceptors (Lipinski definition) is 3. The van der Waals surface area contributed by atoms with Crippen molar-refractivity contribution in [1.82, 2.24) is 9.88 Å². The Labute approximate surface area is 141 Å². The first-order valence-corrected chi connectivity index (χ1v) is 8.44. The number of aryl methyl sites for hydroxylation is 2. The van der Waals surface area contributed by atoms with Crippen LogP contribution in [0.4, 0.5) is 0 Å². The van der Waals surface area contributed by atoms with Crippen LogP contribution in [-0.2, 0) is 16.1 Å². The van der Waals surface area contributed by atoms with Crippen LogP contribution in [0.5, 0.6) is 0 Å². The minimum Gasteiger partial charge on any atom is -0.376 e. The number of hydrogen-bond donors (Lipinski definition) is 1. The molecule has 1 aromatic carbocycles. The standard InChI is InChI=1S/C19H24N2O3/c1-12-7-13(2)18-15(8-12)9-16(19(23)20-18)10-21(14(3)22)11-17-5-4-6-24-17/h7-9,17H,4-6,10-11H2,1-3H3,(H,20,23)/t17-/m0/s1. The van der Waals surface area contributed by atoms with E-state index in [0.717, 1.165) is 41.5 Å². The van der Waals surface area contributed by atoms with Gasteiger partial charge in [-0.05, 0) is 49.8 Å². The van der Waals surface area contributed by atoms with Gasteiger partial charge in [-0.2, -0.15) is 0 Å². The maximum atomic E-state index is 12.4. The molecule has 1 aromatic heterocycles. The van der Waals surface area contributed by atoms with Crippen molar-refractivity contribution in [2.75, 3.05) is 13.2 Å². The van der Waals surface area contributed by atoms with E-state index < -0.39 is 0 Å². The Hall–Kier alpha value is -2.14. The van der Waals surface area contributed by atoms with Crippen LogP contribution in [0.3, 0.4) is 0 Å². The Kier molecular flexibility index (Phi) is 4.71. The van der Waals surface area contributed by atoms with E-state index in [4.69, 9.17) is 4.74 Å². The van der Waals surface area contributed by atoms with Crippen LogP contribution >= 0.6 is 0 Å². The molecule has 1 saturated heterocycles. The molecule has 1 N–H and O–H groups in total. The van der Waals surface area contributed by atoms with Crippen molar-refractivity contribution in [3.05, 3.63) is 45.2 Å². The fraction of sp³-hybridized carbons (Fsp3) is 0.474. The maximum absolute atomic E-state index is 12.4. The van der Waals surface area contributed by atoms with Gasteiger partial charge in [0.1, 0.15) is 0 Å². The summed E-state index contributed by atoms with van der Waals surface area (Å²) in [6.45, 7) is 7.18. The zero-order chi connectivity index (χ0) is 17.3. The SMILES string of the molecule is CC(=O)N(Cc1cc2cc(C)cc(C)c2[nH]c1=O)C[C@@H]1CCCO1. The molecule has 2 heterocycles. The van der Waals surface area contributed by atoms with Crippen molar-refractivity contribution < 1.29 is 9.53 Å². The highest BCUT2D eigenvalue weighted by Crippen LogP contribution is 2.19. The molecule has 2 aromatic rings. The van der Waals surface area contributed by atoms with Crippen molar-refractivity contribution in [3.8, 4) is 0 Å². The van der Waals surface area contributed by atoms with Gasteiger partial charge in [0.15, 0.2) is 0 Å². The van der Waals surface area contributed by atoms with Gasteiger partial charge in [-0.25, -0.2) is 0 Å². The topological polar surface area (TPSA) is 62.4 Å². The third-order valence-electron chi connectivity index (χ3n) is 4.62. The van der Waals surface area contributed by atoms with Gasteiger partial charge in [0.05, 0.1) is 18.2 Å². The lowest BCUT2D eigenvalue weighted by Crippen LogP contribution is -2.36. The first-order valence-electron chi connectivity index (χ1n) is 8.44. The molecule has 0 spiro atoms. The Balaban J connectivity index is 1.90. The molecule has 0 aliphatic carbocycles. The first kappa shape index (κ1) is 16.7. The number of H-pyrrole nitrogens is 1. The lowest BCUT2D eigenvalue weighted by Gasteiger charge is -2.24. The molecule has 1 aliphatic heterocycles. The average molecular weight is 328 g/mol. The first-order chi connectivity index (χ1) is 11.4. The normalized spacial score (nSPS) is 17.4. The lowest BCUT2D eigenvalue weighted by atomic mass is 10.0. The van der Waals surface area contributed by atoms with E-state index in [9.17, 15) is 9.59 Å². The molecular formula is C19H24N2O3. The zero-order valence-electron chi connectivity index (χ0n) is 14.5. The van der Waals surface area contributed by atoms with Crippen molar-refractivity contribution in [2.45, 2.75) is 46.3 Å². The molecule has 5 nitrogen and oxygen atoms in total. The quantitative estimate of drug-likeness (QED) is 0.938. The number of rotatable bonds is 4. The number of pyridine rings is 1. The van der Waals surface area contributed by atoms with Crippen LogP contribution < -0.4 is 5.56 Å². The largest absolute Gasteiger partial charge is 0.376 e. The second kappa shape index (κ2) is 6.77. The molecule has 0 radical (unpaired) electrons. The highest BCUT2D eigenvalue weighted by atomic mass is 16.5. The van der Waals surface area contributed by atoms with Gasteiger partial charge in [-0.1, -0.05) is 11.6 Å². The van der Waals surface area contributed by atoms with E-state index in [1.165, 1.54) is 0 Å². The zero-order valence-corrected chi connectivity index (χ0v) is 14.5. The van der Waals surface area contributed by atoms with Crippen LogP contribution in [-0.4, -0.2) is 35.0 Å². The smallest absolute Gasteiger partial charge is 0.253 e. The van der Waals surface area contributed by atoms with Gasteiger partial charge in [0, 0.05) is 25.6 Å². The number of ether oxygens (including phenoxy) is 1. The summed E-state index contributed by atoms with van der Waals surface area (Å²) in [7, 11) is 0. The minimum absolute atomic E-state index is 0.0366. The van der Waals surface area contributed by atoms with E-state index in [0.29, 0.717) is 18.7 Å². The van der Waals surface area contributed by atoms with Gasteiger partial charge in [-0.3, -0.25) is 9.59 Å². The molecule has 0 bridgehead atoms. The van der Waals surface area contributed by atoms with Gasteiger partial charge in [0.25, 0.3) is 5.56 Å². The summed E-state index contributed by atoms with van der Waals surface area (Å²) in [6, 6.07) is 6.01. The van der Waals surface area contributed by atoms with Crippen molar-refractivity contribution in [3.63, 3.8) is 0 Å². The number of nitrogens with zero attached hydrogens (tertiary/aromatic N) is 1. The van der Waals surface area contributed by atoms with Gasteiger partial charge >= 0.3 is 0 Å². The predicted octanol–water partition coefficient (Wildman–Crippen LogP) is 2.67. The van der Waals surface area contributed by atoms with E-state index in [-0.39, 0.29) is 17.6 Å². The van der Waals surface area contributed by atoms with E-state index in [2.05, 4.69) is 17.1 Å². The van der Waals surface area contributed by atoms with Crippen LogP contribution in [0, 0.1) is 13.8 Å². The molecule has 3 rings (SSSR count). The summed E-state index contributed by atoms with van der Waals surface area (Å²) in [5, 5.41) is 1.00. The van der Waals surface area contributed by atoms with E-state index in [1.54, 1.807) is 11.8 Å². The van der Waals surface area contributed by atoms with Gasteiger partial charge in [0.2, 0.25) is 5.91 Å². The number of nitrogens with one attached hydrogen (secondary N) is 1. The minimum atomic E-state index is -0.131. The monoisotopic (exact) mass is 328 g/mol. The van der Waals surface area contributed by atoms with E-state index >= 15 is 0 Å². The molecule has 1 aliphatic rings. The molecule has 1 fully saturated rings. The Bertz CT molecular complexity index is 819. The number of benzene rings is 1. The molecular weight excluding hydrogens is 304 g/mol. The molecule has 0 unspecified atom stereocenters. The summed E-state index contributed by atoms with van der Waals surface area (Å²) in [4.78, 5) is 29.1. The number of fused-ring (bicyclic) bond motifs is 1. The van der Waals surface area contributed by atoms with Crippen molar-refractivity contribution >= 4 is 16.8 Å². The highest BCUT2D eigenvalue weighted by Gasteiger charge is 2.21. The molecule has 128 valence electrons. The van der Waals surface area contributed by atoms with Crippen LogP contribution in [0.15, 0.2) is 23.0 Å². The Morgan fingerprint density at radius 1 is 1.33 bits per heavy atom. The fourth-order valence-corrected chi connectivity index (χ4v) is 3.39. The van der Waals surface area contributed by atoms with Crippen molar-refractivity contribution in [2.24, 2.45) is 0 Å². The number of aromatic nitrogens is 1. The Morgan fingerprint density at radius 3 is 2.79 bits per heavy atom. The molecule has 0 saturated carbocycles. The number of amides is 1. The second-order valence-corrected chi connectivity index (χ2v) is 6.70. The van der Waals surface area contributed by atoms with Crippen LogP contribution in [0.2, 0.25) is 0 Å². The summed E-state index contributed by atoms with van der Waals surface area (Å²) in [5.41, 5.74) is 3.55. The van der Waals surface area contributed by atoms with Gasteiger partial charge in [-0.15, -0.1) is 0 Å². The van der Waals surface area contributed by atoms with Crippen molar-refractivity contribution in [1.29, 1.82) is 0 Å². The number of aromatic amines is 1. The average Bonchev–Trinajstić information content (AvgIpc) is 3.01. The predicted molar refractivity (Wildman–Crippen MR) is 94.1 cm³/mol. The second-order valence-electron chi connectivity index (χ2n) is 6.70. The molecule has 1 amide bonds. The summed E-state index contributed by atoms with van der Waals surface area (Å²) >= 11 is 0. The number of carbonyl (C=O) groups is 1. The van der Waals surface area contributed by atoms with E-state index in [1.807, 2.05) is 19.9 Å².